The largest absolute Gasteiger partial charge is 0.375 e. The van der Waals surface area contributed by atoms with Crippen LogP contribution in [0.4, 0.5) is 5.13 Å². The van der Waals surface area contributed by atoms with Gasteiger partial charge in [-0.3, -0.25) is 0 Å². The number of rotatable bonds is 2. The lowest BCUT2D eigenvalue weighted by Gasteiger charge is -1.91. The Morgan fingerprint density at radius 2 is 2.07 bits per heavy atom. The Labute approximate surface area is 104 Å². The van der Waals surface area contributed by atoms with Gasteiger partial charge in [0.1, 0.15) is 0 Å². The molecule has 2 rings (SSSR count). The van der Waals surface area contributed by atoms with E-state index in [1.165, 1.54) is 14.6 Å². The third-order valence-electron chi connectivity index (χ3n) is 2.06. The number of thiophene rings is 1. The molecule has 2 nitrogen and oxygen atoms in total. The lowest BCUT2D eigenvalue weighted by atomic mass is 10.3. The summed E-state index contributed by atoms with van der Waals surface area (Å²) in [5.41, 5.74) is 6.72. The summed E-state index contributed by atoms with van der Waals surface area (Å²) in [6.45, 7) is 4.23. The van der Waals surface area contributed by atoms with Crippen LogP contribution in [-0.4, -0.2) is 4.98 Å². The molecule has 2 aromatic heterocycles. The smallest absolute Gasteiger partial charge is 0.180 e. The fourth-order valence-corrected chi connectivity index (χ4v) is 3.10. The molecule has 0 fully saturated rings. The maximum Gasteiger partial charge on any atom is 0.180 e. The van der Waals surface area contributed by atoms with Crippen LogP contribution in [0, 0.1) is 6.92 Å². The Morgan fingerprint density at radius 3 is 2.53 bits per heavy atom. The minimum Gasteiger partial charge on any atom is -0.375 e. The van der Waals surface area contributed by atoms with Gasteiger partial charge in [-0.15, -0.1) is 35.1 Å². The quantitative estimate of drug-likeness (QED) is 0.893. The van der Waals surface area contributed by atoms with E-state index in [2.05, 4.69) is 31.0 Å². The summed E-state index contributed by atoms with van der Waals surface area (Å²) in [6, 6.07) is 4.29. The van der Waals surface area contributed by atoms with Gasteiger partial charge in [-0.25, -0.2) is 4.98 Å². The van der Waals surface area contributed by atoms with Crippen LogP contribution in [-0.2, 0) is 6.42 Å². The summed E-state index contributed by atoms with van der Waals surface area (Å²) in [7, 11) is 0. The summed E-state index contributed by atoms with van der Waals surface area (Å²) >= 11 is 3.36. The van der Waals surface area contributed by atoms with Crippen molar-refractivity contribution in [2.24, 2.45) is 0 Å². The summed E-state index contributed by atoms with van der Waals surface area (Å²) < 4.78 is 0. The van der Waals surface area contributed by atoms with Gasteiger partial charge in [0.05, 0.1) is 10.6 Å². The Hall–Kier alpha value is -0.580. The number of aromatic nitrogens is 1. The Kier molecular flexibility index (Phi) is 4.13. The van der Waals surface area contributed by atoms with Crippen molar-refractivity contribution >= 4 is 40.2 Å². The molecule has 0 aliphatic rings. The summed E-state index contributed by atoms with van der Waals surface area (Å²) in [6.07, 6.45) is 1.09. The van der Waals surface area contributed by atoms with Gasteiger partial charge in [0, 0.05) is 9.75 Å². The normalized spacial score (nSPS) is 10.0. The van der Waals surface area contributed by atoms with E-state index in [4.69, 9.17) is 5.73 Å². The van der Waals surface area contributed by atoms with Crippen molar-refractivity contribution in [3.63, 3.8) is 0 Å². The SMILES string of the molecule is CCc1ccc(-c2nc(N)sc2C)s1.Cl. The molecule has 0 aliphatic carbocycles. The molecule has 15 heavy (non-hydrogen) atoms. The molecule has 0 unspecified atom stereocenters. The Morgan fingerprint density at radius 1 is 1.33 bits per heavy atom. The van der Waals surface area contributed by atoms with Gasteiger partial charge in [-0.1, -0.05) is 6.92 Å². The zero-order valence-electron chi connectivity index (χ0n) is 8.61. The molecule has 0 spiro atoms. The minimum atomic E-state index is 0. The zero-order chi connectivity index (χ0) is 10.1. The first-order valence-corrected chi connectivity index (χ1v) is 6.16. The van der Waals surface area contributed by atoms with Gasteiger partial charge in [-0.2, -0.15) is 0 Å². The Bertz CT molecular complexity index is 448. The second-order valence-corrected chi connectivity index (χ2v) is 5.48. The molecular formula is C10H13ClN2S2. The van der Waals surface area contributed by atoms with E-state index < -0.39 is 0 Å². The van der Waals surface area contributed by atoms with Gasteiger partial charge in [0.2, 0.25) is 0 Å². The van der Waals surface area contributed by atoms with Gasteiger partial charge in [-0.05, 0) is 25.5 Å². The van der Waals surface area contributed by atoms with Crippen LogP contribution >= 0.6 is 35.1 Å². The molecule has 0 amide bonds. The first-order chi connectivity index (χ1) is 6.70. The van der Waals surface area contributed by atoms with E-state index in [1.54, 1.807) is 22.7 Å². The topological polar surface area (TPSA) is 38.9 Å². The molecule has 82 valence electrons. The molecule has 0 bridgehead atoms. The number of nitrogens with two attached hydrogens (primary N) is 1. The van der Waals surface area contributed by atoms with Crippen LogP contribution in [0.25, 0.3) is 10.6 Å². The first kappa shape index (κ1) is 12.5. The van der Waals surface area contributed by atoms with Crippen molar-refractivity contribution in [2.45, 2.75) is 20.3 Å². The molecule has 0 aromatic carbocycles. The number of nitrogens with zero attached hydrogens (tertiary/aromatic N) is 1. The number of aryl methyl sites for hydroxylation is 2. The van der Waals surface area contributed by atoms with E-state index in [0.29, 0.717) is 5.13 Å². The van der Waals surface area contributed by atoms with Crippen molar-refractivity contribution in [3.05, 3.63) is 21.9 Å². The maximum absolute atomic E-state index is 5.67. The second kappa shape index (κ2) is 4.96. The van der Waals surface area contributed by atoms with E-state index in [9.17, 15) is 0 Å². The van der Waals surface area contributed by atoms with Crippen molar-refractivity contribution in [1.29, 1.82) is 0 Å². The average Bonchev–Trinajstić information content (AvgIpc) is 2.71. The Balaban J connectivity index is 0.00000112. The van der Waals surface area contributed by atoms with Crippen LogP contribution in [0.3, 0.4) is 0 Å². The lowest BCUT2D eigenvalue weighted by molar-refractivity contribution is 1.19. The third-order valence-corrected chi connectivity index (χ3v) is 4.09. The van der Waals surface area contributed by atoms with Crippen LogP contribution in [0.15, 0.2) is 12.1 Å². The molecule has 2 aromatic rings. The van der Waals surface area contributed by atoms with Crippen molar-refractivity contribution < 1.29 is 0 Å². The fourth-order valence-electron chi connectivity index (χ4n) is 1.34. The van der Waals surface area contributed by atoms with Gasteiger partial charge in [0.15, 0.2) is 5.13 Å². The molecule has 0 saturated heterocycles. The first-order valence-electron chi connectivity index (χ1n) is 4.52. The van der Waals surface area contributed by atoms with Crippen LogP contribution in [0.1, 0.15) is 16.7 Å². The summed E-state index contributed by atoms with van der Waals surface area (Å²) in [5.74, 6) is 0. The van der Waals surface area contributed by atoms with E-state index in [0.717, 1.165) is 12.1 Å². The van der Waals surface area contributed by atoms with Crippen molar-refractivity contribution in [1.82, 2.24) is 4.98 Å². The van der Waals surface area contributed by atoms with Crippen LogP contribution < -0.4 is 5.73 Å². The molecule has 0 saturated carbocycles. The summed E-state index contributed by atoms with van der Waals surface area (Å²) in [5, 5.41) is 0.656. The monoisotopic (exact) mass is 260 g/mol. The number of thiazole rings is 1. The lowest BCUT2D eigenvalue weighted by Crippen LogP contribution is -1.81. The minimum absolute atomic E-state index is 0. The molecule has 2 heterocycles. The van der Waals surface area contributed by atoms with Crippen molar-refractivity contribution in [2.75, 3.05) is 5.73 Å². The standard InChI is InChI=1S/C10H12N2S2.ClH/c1-3-7-4-5-8(14-7)9-6(2)13-10(11)12-9;/h4-5H,3H2,1-2H3,(H2,11,12);1H. The van der Waals surface area contributed by atoms with Gasteiger partial charge < -0.3 is 5.73 Å². The maximum atomic E-state index is 5.67. The zero-order valence-corrected chi connectivity index (χ0v) is 11.1. The van der Waals surface area contributed by atoms with Crippen LogP contribution in [0.2, 0.25) is 0 Å². The molecule has 0 radical (unpaired) electrons. The number of halogens is 1. The predicted octanol–water partition coefficient (Wildman–Crippen LogP) is 3.75. The van der Waals surface area contributed by atoms with Crippen molar-refractivity contribution in [3.8, 4) is 10.6 Å². The van der Waals surface area contributed by atoms with E-state index >= 15 is 0 Å². The highest BCUT2D eigenvalue weighted by Gasteiger charge is 2.09. The van der Waals surface area contributed by atoms with Crippen LogP contribution in [0.5, 0.6) is 0 Å². The number of anilines is 1. The fraction of sp³-hybridized carbons (Fsp3) is 0.300. The highest BCUT2D eigenvalue weighted by atomic mass is 35.5. The van der Waals surface area contributed by atoms with Gasteiger partial charge >= 0.3 is 0 Å². The summed E-state index contributed by atoms with van der Waals surface area (Å²) in [4.78, 5) is 8.16. The second-order valence-electron chi connectivity index (χ2n) is 3.08. The average molecular weight is 261 g/mol. The molecule has 5 heteroatoms. The van der Waals surface area contributed by atoms with E-state index in [1.807, 2.05) is 0 Å². The predicted molar refractivity (Wildman–Crippen MR) is 71.2 cm³/mol. The molecule has 2 N–H and O–H groups in total. The highest BCUT2D eigenvalue weighted by Crippen LogP contribution is 2.33. The van der Waals surface area contributed by atoms with E-state index in [-0.39, 0.29) is 12.4 Å². The van der Waals surface area contributed by atoms with Gasteiger partial charge in [0.25, 0.3) is 0 Å². The number of nitrogen functional groups attached to an aromatic ring is 1. The number of hydrogen-bond donors (Lipinski definition) is 1. The molecule has 0 atom stereocenters. The number of hydrogen-bond acceptors (Lipinski definition) is 4. The molecule has 0 aliphatic heterocycles. The third kappa shape index (κ3) is 2.51. The molecular weight excluding hydrogens is 248 g/mol. The highest BCUT2D eigenvalue weighted by molar-refractivity contribution is 7.17.